The Morgan fingerprint density at radius 1 is 1.12 bits per heavy atom. The number of hydrazone groups is 1. The second-order valence-electron chi connectivity index (χ2n) is 5.30. The number of carbonyl (C=O) groups excluding carboxylic acids is 1. The highest BCUT2D eigenvalue weighted by molar-refractivity contribution is 8.00. The number of hydrogen-bond acceptors (Lipinski definition) is 4. The molecule has 0 saturated carbocycles. The Balaban J connectivity index is 1.79. The van der Waals surface area contributed by atoms with E-state index < -0.39 is 0 Å². The molecule has 0 saturated heterocycles. The molecule has 0 spiro atoms. The second kappa shape index (κ2) is 10.1. The molecule has 0 unspecified atom stereocenters. The number of halogens is 1. The summed E-state index contributed by atoms with van der Waals surface area (Å²) in [6, 6.07) is 15.5. The molecule has 6 heteroatoms. The summed E-state index contributed by atoms with van der Waals surface area (Å²) >= 11 is 7.28. The maximum Gasteiger partial charge on any atom is 0.250 e. The van der Waals surface area contributed by atoms with Gasteiger partial charge in [-0.1, -0.05) is 23.7 Å². The van der Waals surface area contributed by atoms with Gasteiger partial charge in [0.2, 0.25) is 5.91 Å². The van der Waals surface area contributed by atoms with Crippen LogP contribution in [-0.2, 0) is 4.79 Å². The van der Waals surface area contributed by atoms with E-state index in [0.29, 0.717) is 10.8 Å². The van der Waals surface area contributed by atoms with E-state index in [0.717, 1.165) is 23.5 Å². The first-order valence-corrected chi connectivity index (χ1v) is 9.54. The molecule has 0 aliphatic carbocycles. The number of nitrogens with zero attached hydrogens (tertiary/aromatic N) is 2. The zero-order chi connectivity index (χ0) is 18.1. The van der Waals surface area contributed by atoms with Crippen molar-refractivity contribution in [3.05, 3.63) is 59.1 Å². The molecule has 2 aromatic carbocycles. The van der Waals surface area contributed by atoms with Crippen LogP contribution < -0.4 is 10.3 Å². The fourth-order valence-corrected chi connectivity index (χ4v) is 3.07. The lowest BCUT2D eigenvalue weighted by Gasteiger charge is -2.20. The number of hydrogen-bond donors (Lipinski definition) is 1. The fraction of sp³-hybridized carbons (Fsp3) is 0.263. The highest BCUT2D eigenvalue weighted by Gasteiger charge is 2.02. The van der Waals surface area contributed by atoms with Gasteiger partial charge in [0.05, 0.1) is 12.0 Å². The molecule has 1 N–H and O–H groups in total. The lowest BCUT2D eigenvalue weighted by Crippen LogP contribution is -2.21. The van der Waals surface area contributed by atoms with Crippen LogP contribution in [0.1, 0.15) is 19.4 Å². The van der Waals surface area contributed by atoms with Gasteiger partial charge in [0.15, 0.2) is 0 Å². The van der Waals surface area contributed by atoms with Crippen LogP contribution in [0.5, 0.6) is 0 Å². The number of carbonyl (C=O) groups is 1. The summed E-state index contributed by atoms with van der Waals surface area (Å²) in [6.07, 6.45) is 1.65. The zero-order valence-electron chi connectivity index (χ0n) is 14.4. The van der Waals surface area contributed by atoms with Crippen molar-refractivity contribution in [2.75, 3.05) is 23.7 Å². The van der Waals surface area contributed by atoms with E-state index in [1.807, 2.05) is 36.4 Å². The molecule has 0 aliphatic heterocycles. The number of amides is 1. The predicted molar refractivity (Wildman–Crippen MR) is 108 cm³/mol. The minimum Gasteiger partial charge on any atom is -0.372 e. The van der Waals surface area contributed by atoms with Crippen LogP contribution in [0.25, 0.3) is 0 Å². The molecule has 0 heterocycles. The third kappa shape index (κ3) is 6.44. The summed E-state index contributed by atoms with van der Waals surface area (Å²) < 4.78 is 0. The van der Waals surface area contributed by atoms with Gasteiger partial charge in [0.25, 0.3) is 0 Å². The Hall–Kier alpha value is -1.98. The monoisotopic (exact) mass is 375 g/mol. The quantitative estimate of drug-likeness (QED) is 0.421. The number of rotatable bonds is 8. The van der Waals surface area contributed by atoms with Gasteiger partial charge < -0.3 is 4.90 Å². The standard InChI is InChI=1S/C19H22ClN3OS/c1-3-23(4-2)17-9-5-15(6-10-17)13-21-22-19(24)14-25-18-11-7-16(20)8-12-18/h5-13H,3-4,14H2,1-2H3,(H,22,24)/b21-13-. The minimum atomic E-state index is -0.143. The molecule has 2 rings (SSSR count). The van der Waals surface area contributed by atoms with E-state index in [-0.39, 0.29) is 5.91 Å². The first-order chi connectivity index (χ1) is 12.1. The van der Waals surface area contributed by atoms with Crippen molar-refractivity contribution in [1.82, 2.24) is 5.43 Å². The van der Waals surface area contributed by atoms with E-state index in [4.69, 9.17) is 11.6 Å². The maximum absolute atomic E-state index is 11.8. The van der Waals surface area contributed by atoms with Crippen molar-refractivity contribution < 1.29 is 4.79 Å². The number of nitrogens with one attached hydrogen (secondary N) is 1. The van der Waals surface area contributed by atoms with Crippen LogP contribution in [0.4, 0.5) is 5.69 Å². The summed E-state index contributed by atoms with van der Waals surface area (Å²) in [7, 11) is 0. The molecule has 0 fully saturated rings. The Morgan fingerprint density at radius 2 is 1.76 bits per heavy atom. The molecular weight excluding hydrogens is 354 g/mol. The average molecular weight is 376 g/mol. The third-order valence-electron chi connectivity index (χ3n) is 3.61. The topological polar surface area (TPSA) is 44.7 Å². The number of benzene rings is 2. The smallest absolute Gasteiger partial charge is 0.250 e. The first-order valence-electron chi connectivity index (χ1n) is 8.17. The van der Waals surface area contributed by atoms with Gasteiger partial charge in [-0.3, -0.25) is 4.79 Å². The van der Waals surface area contributed by atoms with Gasteiger partial charge in [0, 0.05) is 28.7 Å². The van der Waals surface area contributed by atoms with Crippen molar-refractivity contribution in [3.8, 4) is 0 Å². The van der Waals surface area contributed by atoms with Gasteiger partial charge in [-0.15, -0.1) is 11.8 Å². The van der Waals surface area contributed by atoms with Gasteiger partial charge in [-0.2, -0.15) is 5.10 Å². The fourth-order valence-electron chi connectivity index (χ4n) is 2.25. The van der Waals surface area contributed by atoms with E-state index >= 15 is 0 Å². The Morgan fingerprint density at radius 3 is 2.36 bits per heavy atom. The Kier molecular flexibility index (Phi) is 7.82. The summed E-state index contributed by atoms with van der Waals surface area (Å²) in [5.74, 6) is 0.163. The normalized spacial score (nSPS) is 10.8. The number of anilines is 1. The average Bonchev–Trinajstić information content (AvgIpc) is 2.63. The molecule has 0 atom stereocenters. The molecule has 0 bridgehead atoms. The largest absolute Gasteiger partial charge is 0.372 e. The molecular formula is C19H22ClN3OS. The summed E-state index contributed by atoms with van der Waals surface area (Å²) in [5, 5.41) is 4.70. The molecule has 0 aliphatic rings. The van der Waals surface area contributed by atoms with Crippen LogP contribution in [0.3, 0.4) is 0 Å². The van der Waals surface area contributed by atoms with Crippen molar-refractivity contribution in [3.63, 3.8) is 0 Å². The molecule has 1 amide bonds. The second-order valence-corrected chi connectivity index (χ2v) is 6.78. The lowest BCUT2D eigenvalue weighted by atomic mass is 10.2. The molecule has 4 nitrogen and oxygen atoms in total. The first kappa shape index (κ1) is 19.3. The van der Waals surface area contributed by atoms with Crippen molar-refractivity contribution in [1.29, 1.82) is 0 Å². The maximum atomic E-state index is 11.8. The van der Waals surface area contributed by atoms with E-state index in [1.54, 1.807) is 6.21 Å². The van der Waals surface area contributed by atoms with Gasteiger partial charge in [-0.05, 0) is 55.8 Å². The highest BCUT2D eigenvalue weighted by atomic mass is 35.5. The predicted octanol–water partition coefficient (Wildman–Crippen LogP) is 4.43. The van der Waals surface area contributed by atoms with Crippen molar-refractivity contribution in [2.45, 2.75) is 18.7 Å². The van der Waals surface area contributed by atoms with Gasteiger partial charge >= 0.3 is 0 Å². The van der Waals surface area contributed by atoms with E-state index in [1.165, 1.54) is 17.4 Å². The molecule has 25 heavy (non-hydrogen) atoms. The van der Waals surface area contributed by atoms with Crippen LogP contribution >= 0.6 is 23.4 Å². The molecule has 0 aromatic heterocycles. The van der Waals surface area contributed by atoms with Crippen LogP contribution in [0, 0.1) is 0 Å². The lowest BCUT2D eigenvalue weighted by molar-refractivity contribution is -0.118. The van der Waals surface area contributed by atoms with Gasteiger partial charge in [-0.25, -0.2) is 5.43 Å². The van der Waals surface area contributed by atoms with E-state index in [2.05, 4.69) is 41.4 Å². The van der Waals surface area contributed by atoms with Crippen molar-refractivity contribution >= 4 is 41.2 Å². The van der Waals surface area contributed by atoms with Crippen LogP contribution in [-0.4, -0.2) is 31.0 Å². The zero-order valence-corrected chi connectivity index (χ0v) is 16.0. The summed E-state index contributed by atoms with van der Waals surface area (Å²) in [5.41, 5.74) is 4.68. The summed E-state index contributed by atoms with van der Waals surface area (Å²) in [6.45, 7) is 6.23. The molecule has 132 valence electrons. The van der Waals surface area contributed by atoms with Crippen LogP contribution in [0.15, 0.2) is 58.5 Å². The highest BCUT2D eigenvalue weighted by Crippen LogP contribution is 2.19. The van der Waals surface area contributed by atoms with Crippen molar-refractivity contribution in [2.24, 2.45) is 5.10 Å². The third-order valence-corrected chi connectivity index (χ3v) is 4.87. The van der Waals surface area contributed by atoms with E-state index in [9.17, 15) is 4.79 Å². The molecule has 2 aromatic rings. The Bertz CT molecular complexity index is 698. The Labute approximate surface area is 158 Å². The summed E-state index contributed by atoms with van der Waals surface area (Å²) in [4.78, 5) is 15.1. The van der Waals surface area contributed by atoms with Gasteiger partial charge in [0.1, 0.15) is 0 Å². The van der Waals surface area contributed by atoms with Crippen LogP contribution in [0.2, 0.25) is 5.02 Å². The molecule has 0 radical (unpaired) electrons. The number of thioether (sulfide) groups is 1. The minimum absolute atomic E-state index is 0.143. The SMILES string of the molecule is CCN(CC)c1ccc(/C=N\NC(=O)CSc2ccc(Cl)cc2)cc1.